The molecule has 1 heterocycles. The molecule has 0 saturated carbocycles. The minimum atomic E-state index is -0.855. The van der Waals surface area contributed by atoms with Gasteiger partial charge in [-0.2, -0.15) is 0 Å². The van der Waals surface area contributed by atoms with Crippen molar-refractivity contribution in [1.82, 2.24) is 5.32 Å². The van der Waals surface area contributed by atoms with E-state index in [-0.39, 0.29) is 0 Å². The average molecular weight is 251 g/mol. The van der Waals surface area contributed by atoms with Gasteiger partial charge in [-0.25, -0.2) is 0 Å². The number of rotatable bonds is 5. The highest BCUT2D eigenvalue weighted by Crippen LogP contribution is 2.35. The summed E-state index contributed by atoms with van der Waals surface area (Å²) in [5, 5.41) is 13.9. The summed E-state index contributed by atoms with van der Waals surface area (Å²) < 4.78 is 11.0. The lowest BCUT2D eigenvalue weighted by molar-refractivity contribution is 0.0326. The van der Waals surface area contributed by atoms with Crippen LogP contribution in [0.2, 0.25) is 0 Å². The highest BCUT2D eigenvalue weighted by molar-refractivity contribution is 5.45. The van der Waals surface area contributed by atoms with E-state index in [1.165, 1.54) is 0 Å². The van der Waals surface area contributed by atoms with Gasteiger partial charge in [-0.05, 0) is 30.7 Å². The summed E-state index contributed by atoms with van der Waals surface area (Å²) in [6.07, 6.45) is 0.652. The molecule has 1 aromatic carbocycles. The van der Waals surface area contributed by atoms with Gasteiger partial charge in [-0.15, -0.1) is 0 Å². The van der Waals surface area contributed by atoms with Crippen molar-refractivity contribution in [2.75, 3.05) is 26.3 Å². The molecule has 0 fully saturated rings. The number of likely N-dealkylation sites (N-methyl/N-ethyl adjacent to an activating group) is 1. The average Bonchev–Trinajstić information content (AvgIpc) is 2.44. The molecule has 18 heavy (non-hydrogen) atoms. The molecule has 1 aliphatic rings. The smallest absolute Gasteiger partial charge is 0.161 e. The second-order valence-electron chi connectivity index (χ2n) is 4.52. The van der Waals surface area contributed by atoms with Crippen molar-refractivity contribution in [1.29, 1.82) is 0 Å². The Morgan fingerprint density at radius 1 is 1.22 bits per heavy atom. The Morgan fingerprint density at radius 2 is 1.94 bits per heavy atom. The largest absolute Gasteiger partial charge is 0.486 e. The Labute approximate surface area is 108 Å². The normalized spacial score (nSPS) is 17.3. The van der Waals surface area contributed by atoms with Crippen LogP contribution in [0.5, 0.6) is 11.5 Å². The first-order valence-electron chi connectivity index (χ1n) is 6.53. The van der Waals surface area contributed by atoms with Crippen molar-refractivity contribution in [2.45, 2.75) is 25.9 Å². The number of benzene rings is 1. The zero-order chi connectivity index (χ0) is 13.0. The van der Waals surface area contributed by atoms with E-state index in [0.29, 0.717) is 26.2 Å². The van der Waals surface area contributed by atoms with Gasteiger partial charge in [0.2, 0.25) is 0 Å². The van der Waals surface area contributed by atoms with Crippen LogP contribution in [0, 0.1) is 0 Å². The number of hydrogen-bond acceptors (Lipinski definition) is 4. The fourth-order valence-corrected chi connectivity index (χ4v) is 2.10. The Morgan fingerprint density at radius 3 is 2.61 bits per heavy atom. The van der Waals surface area contributed by atoms with Gasteiger partial charge in [0.1, 0.15) is 18.8 Å². The molecule has 1 aliphatic heterocycles. The molecule has 0 radical (unpaired) electrons. The van der Waals surface area contributed by atoms with E-state index in [1.807, 2.05) is 32.0 Å². The summed E-state index contributed by atoms with van der Waals surface area (Å²) in [6, 6.07) is 5.67. The Balaban J connectivity index is 2.25. The maximum absolute atomic E-state index is 10.7. The molecule has 1 atom stereocenters. The highest BCUT2D eigenvalue weighted by Gasteiger charge is 2.28. The molecule has 0 bridgehead atoms. The summed E-state index contributed by atoms with van der Waals surface area (Å²) in [5.74, 6) is 1.48. The van der Waals surface area contributed by atoms with Crippen LogP contribution in [0.25, 0.3) is 0 Å². The van der Waals surface area contributed by atoms with Crippen molar-refractivity contribution >= 4 is 0 Å². The molecule has 1 unspecified atom stereocenters. The second-order valence-corrected chi connectivity index (χ2v) is 4.52. The zero-order valence-electron chi connectivity index (χ0n) is 11.0. The standard InChI is InChI=1S/C14H21NO3/c1-3-14(16,10-15-4-2)11-5-6-12-13(9-11)18-8-7-17-12/h5-6,9,15-16H,3-4,7-8,10H2,1-2H3. The van der Waals surface area contributed by atoms with Gasteiger partial charge >= 0.3 is 0 Å². The Hall–Kier alpha value is -1.26. The van der Waals surface area contributed by atoms with Gasteiger partial charge in [0.15, 0.2) is 11.5 Å². The van der Waals surface area contributed by atoms with Gasteiger partial charge < -0.3 is 19.9 Å². The molecular weight excluding hydrogens is 230 g/mol. The lowest BCUT2D eigenvalue weighted by atomic mass is 9.90. The first-order chi connectivity index (χ1) is 8.69. The van der Waals surface area contributed by atoms with Crippen molar-refractivity contribution in [3.63, 3.8) is 0 Å². The van der Waals surface area contributed by atoms with E-state index in [0.717, 1.165) is 23.6 Å². The second kappa shape index (κ2) is 5.59. The summed E-state index contributed by atoms with van der Waals surface area (Å²) in [4.78, 5) is 0. The Bertz CT molecular complexity index is 408. The number of ether oxygens (including phenoxy) is 2. The van der Waals surface area contributed by atoms with Crippen LogP contribution in [0.1, 0.15) is 25.8 Å². The zero-order valence-corrected chi connectivity index (χ0v) is 11.0. The lowest BCUT2D eigenvalue weighted by Crippen LogP contribution is -2.37. The van der Waals surface area contributed by atoms with Gasteiger partial charge in [-0.1, -0.05) is 19.9 Å². The predicted molar refractivity (Wildman–Crippen MR) is 70.2 cm³/mol. The minimum absolute atomic E-state index is 0.541. The molecule has 100 valence electrons. The van der Waals surface area contributed by atoms with Gasteiger partial charge in [0.05, 0.1) is 0 Å². The van der Waals surface area contributed by atoms with E-state index < -0.39 is 5.60 Å². The first-order valence-corrected chi connectivity index (χ1v) is 6.53. The molecule has 0 aliphatic carbocycles. The fourth-order valence-electron chi connectivity index (χ4n) is 2.10. The van der Waals surface area contributed by atoms with Crippen molar-refractivity contribution in [3.8, 4) is 11.5 Å². The predicted octanol–water partition coefficient (Wildman–Crippen LogP) is 1.66. The van der Waals surface area contributed by atoms with Crippen LogP contribution < -0.4 is 14.8 Å². The number of aliphatic hydroxyl groups is 1. The van der Waals surface area contributed by atoms with E-state index >= 15 is 0 Å². The third-order valence-corrected chi connectivity index (χ3v) is 3.33. The van der Waals surface area contributed by atoms with Crippen LogP contribution in [-0.2, 0) is 5.60 Å². The SMILES string of the molecule is CCNCC(O)(CC)c1ccc2c(c1)OCCO2. The maximum Gasteiger partial charge on any atom is 0.161 e. The molecule has 4 heteroatoms. The summed E-state index contributed by atoms with van der Waals surface area (Å²) in [6.45, 7) is 6.54. The van der Waals surface area contributed by atoms with Gasteiger partial charge in [0.25, 0.3) is 0 Å². The molecule has 0 spiro atoms. The third-order valence-electron chi connectivity index (χ3n) is 3.33. The van der Waals surface area contributed by atoms with Gasteiger partial charge in [0, 0.05) is 6.54 Å². The van der Waals surface area contributed by atoms with E-state index in [1.54, 1.807) is 0 Å². The Kier molecular flexibility index (Phi) is 4.09. The highest BCUT2D eigenvalue weighted by atomic mass is 16.6. The summed E-state index contributed by atoms with van der Waals surface area (Å²) in [7, 11) is 0. The van der Waals surface area contributed by atoms with E-state index in [4.69, 9.17) is 9.47 Å². The molecule has 2 rings (SSSR count). The molecule has 2 N–H and O–H groups in total. The molecule has 0 aromatic heterocycles. The van der Waals surface area contributed by atoms with Crippen LogP contribution >= 0.6 is 0 Å². The van der Waals surface area contributed by atoms with E-state index in [9.17, 15) is 5.11 Å². The summed E-state index contributed by atoms with van der Waals surface area (Å²) in [5.41, 5.74) is 0.0152. The van der Waals surface area contributed by atoms with Crippen LogP contribution in [0.4, 0.5) is 0 Å². The fraction of sp³-hybridized carbons (Fsp3) is 0.571. The minimum Gasteiger partial charge on any atom is -0.486 e. The molecule has 1 aromatic rings. The van der Waals surface area contributed by atoms with Crippen LogP contribution in [0.15, 0.2) is 18.2 Å². The number of nitrogens with one attached hydrogen (secondary N) is 1. The monoisotopic (exact) mass is 251 g/mol. The van der Waals surface area contributed by atoms with Crippen molar-refractivity contribution < 1.29 is 14.6 Å². The molecule has 0 saturated heterocycles. The topological polar surface area (TPSA) is 50.7 Å². The van der Waals surface area contributed by atoms with Crippen LogP contribution in [-0.4, -0.2) is 31.4 Å². The molecule has 0 amide bonds. The number of hydrogen-bond donors (Lipinski definition) is 2. The molecule has 4 nitrogen and oxygen atoms in total. The maximum atomic E-state index is 10.7. The van der Waals surface area contributed by atoms with E-state index in [2.05, 4.69) is 5.32 Å². The number of fused-ring (bicyclic) bond motifs is 1. The third kappa shape index (κ3) is 2.60. The molecular formula is C14H21NO3. The summed E-state index contributed by atoms with van der Waals surface area (Å²) >= 11 is 0. The van der Waals surface area contributed by atoms with Crippen LogP contribution in [0.3, 0.4) is 0 Å². The quantitative estimate of drug-likeness (QED) is 0.835. The van der Waals surface area contributed by atoms with Gasteiger partial charge in [-0.3, -0.25) is 0 Å². The van der Waals surface area contributed by atoms with Crippen molar-refractivity contribution in [2.24, 2.45) is 0 Å². The van der Waals surface area contributed by atoms with Crippen molar-refractivity contribution in [3.05, 3.63) is 23.8 Å². The first kappa shape index (κ1) is 13.2. The lowest BCUT2D eigenvalue weighted by Gasteiger charge is -2.29.